The Morgan fingerprint density at radius 2 is 1.94 bits per heavy atom. The highest BCUT2D eigenvalue weighted by Crippen LogP contribution is 2.21. The van der Waals surface area contributed by atoms with Crippen LogP contribution in [-0.2, 0) is 24.4 Å². The van der Waals surface area contributed by atoms with Gasteiger partial charge in [0, 0.05) is 24.7 Å². The fourth-order valence-electron chi connectivity index (χ4n) is 3.84. The number of rotatable bonds is 8. The Labute approximate surface area is 196 Å². The van der Waals surface area contributed by atoms with E-state index in [1.54, 1.807) is 16.7 Å². The summed E-state index contributed by atoms with van der Waals surface area (Å²) in [5.41, 5.74) is 0.670. The highest BCUT2D eigenvalue weighted by atomic mass is 35.5. The summed E-state index contributed by atoms with van der Waals surface area (Å²) >= 11 is 6.03. The van der Waals surface area contributed by atoms with Crippen molar-refractivity contribution >= 4 is 22.8 Å². The predicted octanol–water partition coefficient (Wildman–Crippen LogP) is 2.38. The van der Waals surface area contributed by atoms with Gasteiger partial charge < -0.3 is 14.4 Å². The Hall–Kier alpha value is -2.86. The molecule has 2 heterocycles. The Kier molecular flexibility index (Phi) is 7.33. The third-order valence-electron chi connectivity index (χ3n) is 5.87. The Morgan fingerprint density at radius 3 is 2.58 bits per heavy atom. The fourth-order valence-corrected chi connectivity index (χ4v) is 3.96. The van der Waals surface area contributed by atoms with E-state index in [-0.39, 0.29) is 25.9 Å². The normalized spacial score (nSPS) is 13.7. The minimum Gasteiger partial charge on any atom is -0.396 e. The van der Waals surface area contributed by atoms with E-state index in [1.807, 2.05) is 19.1 Å². The molecule has 0 atom stereocenters. The lowest BCUT2D eigenvalue weighted by Gasteiger charge is -2.24. The second-order valence-electron chi connectivity index (χ2n) is 8.05. The van der Waals surface area contributed by atoms with E-state index in [0.717, 1.165) is 18.4 Å². The van der Waals surface area contributed by atoms with Crippen LogP contribution in [0.25, 0.3) is 11.2 Å². The van der Waals surface area contributed by atoms with Crippen molar-refractivity contribution in [2.24, 2.45) is 0 Å². The minimum atomic E-state index is -0.438. The second kappa shape index (κ2) is 10.4. The monoisotopic (exact) mass is 470 g/mol. The van der Waals surface area contributed by atoms with Crippen LogP contribution in [0.1, 0.15) is 44.0 Å². The molecule has 0 radical (unpaired) electrons. The number of aryl methyl sites for hydroxylation is 1. The molecule has 0 spiro atoms. The van der Waals surface area contributed by atoms with E-state index in [1.165, 1.54) is 15.6 Å². The molecule has 174 valence electrons. The largest absolute Gasteiger partial charge is 0.396 e. The van der Waals surface area contributed by atoms with Crippen molar-refractivity contribution in [2.75, 3.05) is 13.2 Å². The van der Waals surface area contributed by atoms with Gasteiger partial charge in [0.1, 0.15) is 6.61 Å². The standard InChI is InChI=1S/C24H27ClN4O4/c1-2-27-22-21(23(31)28(24(27)32)13-5-14-30)29(16-17-9-11-18(25)12-10-17)20(26-22)8-4-15-33-19-6-3-7-19/h9-12,19,30H,2-3,5-7,13-16H2,1H3. The third-order valence-corrected chi connectivity index (χ3v) is 6.12. The van der Waals surface area contributed by atoms with Crippen molar-refractivity contribution in [3.8, 4) is 11.8 Å². The lowest BCUT2D eigenvalue weighted by Crippen LogP contribution is -2.40. The first-order valence-corrected chi connectivity index (χ1v) is 11.6. The van der Waals surface area contributed by atoms with Crippen LogP contribution in [0.2, 0.25) is 5.02 Å². The van der Waals surface area contributed by atoms with E-state index >= 15 is 0 Å². The van der Waals surface area contributed by atoms with Crippen LogP contribution in [0.15, 0.2) is 33.9 Å². The van der Waals surface area contributed by atoms with Gasteiger partial charge >= 0.3 is 5.69 Å². The number of aliphatic hydroxyl groups is 1. The van der Waals surface area contributed by atoms with Crippen LogP contribution >= 0.6 is 11.6 Å². The van der Waals surface area contributed by atoms with Crippen LogP contribution in [0.3, 0.4) is 0 Å². The summed E-state index contributed by atoms with van der Waals surface area (Å²) in [7, 11) is 0. The van der Waals surface area contributed by atoms with E-state index in [9.17, 15) is 14.7 Å². The maximum absolute atomic E-state index is 13.4. The van der Waals surface area contributed by atoms with Crippen molar-refractivity contribution in [1.29, 1.82) is 0 Å². The first kappa shape index (κ1) is 23.3. The summed E-state index contributed by atoms with van der Waals surface area (Å²) in [6.45, 7) is 2.83. The molecule has 33 heavy (non-hydrogen) atoms. The zero-order valence-electron chi connectivity index (χ0n) is 18.6. The minimum absolute atomic E-state index is 0.113. The summed E-state index contributed by atoms with van der Waals surface area (Å²) in [6.07, 6.45) is 3.89. The molecule has 0 amide bonds. The van der Waals surface area contributed by atoms with E-state index < -0.39 is 11.2 Å². The van der Waals surface area contributed by atoms with Gasteiger partial charge in [0.25, 0.3) is 5.56 Å². The van der Waals surface area contributed by atoms with E-state index in [2.05, 4.69) is 16.8 Å². The molecule has 1 saturated carbocycles. The molecule has 3 aromatic rings. The summed E-state index contributed by atoms with van der Waals surface area (Å²) in [6, 6.07) is 7.33. The number of benzene rings is 1. The molecule has 1 aromatic carbocycles. The molecule has 0 bridgehead atoms. The first-order valence-electron chi connectivity index (χ1n) is 11.2. The molecule has 0 saturated heterocycles. The van der Waals surface area contributed by atoms with Crippen LogP contribution in [0.5, 0.6) is 0 Å². The highest BCUT2D eigenvalue weighted by Gasteiger charge is 2.21. The highest BCUT2D eigenvalue weighted by molar-refractivity contribution is 6.30. The second-order valence-corrected chi connectivity index (χ2v) is 8.48. The zero-order valence-corrected chi connectivity index (χ0v) is 19.3. The fraction of sp³-hybridized carbons (Fsp3) is 0.458. The Morgan fingerprint density at radius 1 is 1.18 bits per heavy atom. The quantitative estimate of drug-likeness (QED) is 0.510. The van der Waals surface area contributed by atoms with Crippen molar-refractivity contribution in [2.45, 2.75) is 58.3 Å². The molecular weight excluding hydrogens is 444 g/mol. The van der Waals surface area contributed by atoms with Crippen LogP contribution in [0, 0.1) is 11.8 Å². The average molecular weight is 471 g/mol. The van der Waals surface area contributed by atoms with Crippen molar-refractivity contribution < 1.29 is 9.84 Å². The maximum Gasteiger partial charge on any atom is 0.332 e. The van der Waals surface area contributed by atoms with Crippen LogP contribution in [-0.4, -0.2) is 43.1 Å². The molecule has 2 aromatic heterocycles. The average Bonchev–Trinajstić information content (AvgIpc) is 3.12. The zero-order chi connectivity index (χ0) is 23.4. The number of ether oxygens (including phenoxy) is 1. The molecule has 1 N–H and O–H groups in total. The molecule has 1 fully saturated rings. The SMILES string of the molecule is CCn1c(=O)n(CCCO)c(=O)c2c1nc(C#CCOC1CCC1)n2Cc1ccc(Cl)cc1. The van der Waals surface area contributed by atoms with Gasteiger partial charge in [0.2, 0.25) is 0 Å². The van der Waals surface area contributed by atoms with Gasteiger partial charge in [0.15, 0.2) is 17.0 Å². The number of hydrogen-bond donors (Lipinski definition) is 1. The van der Waals surface area contributed by atoms with Crippen LogP contribution < -0.4 is 11.2 Å². The summed E-state index contributed by atoms with van der Waals surface area (Å²) in [5.74, 6) is 6.46. The molecule has 1 aliphatic carbocycles. The van der Waals surface area contributed by atoms with Crippen molar-refractivity contribution in [1.82, 2.24) is 18.7 Å². The number of aliphatic hydroxyl groups excluding tert-OH is 1. The van der Waals surface area contributed by atoms with E-state index in [0.29, 0.717) is 41.5 Å². The lowest BCUT2D eigenvalue weighted by atomic mass is 9.96. The molecule has 4 rings (SSSR count). The number of fused-ring (bicyclic) bond motifs is 1. The molecule has 8 nitrogen and oxygen atoms in total. The maximum atomic E-state index is 13.4. The lowest BCUT2D eigenvalue weighted by molar-refractivity contribution is 0.0217. The van der Waals surface area contributed by atoms with Crippen molar-refractivity contribution in [3.63, 3.8) is 0 Å². The van der Waals surface area contributed by atoms with Gasteiger partial charge in [-0.15, -0.1) is 0 Å². The van der Waals surface area contributed by atoms with Gasteiger partial charge in [-0.2, -0.15) is 0 Å². The van der Waals surface area contributed by atoms with Gasteiger partial charge in [0.05, 0.1) is 12.6 Å². The number of hydrogen-bond acceptors (Lipinski definition) is 5. The third kappa shape index (κ3) is 4.91. The number of imidazole rings is 1. The molecule has 0 unspecified atom stereocenters. The number of nitrogens with zero attached hydrogens (tertiary/aromatic N) is 4. The van der Waals surface area contributed by atoms with Crippen LogP contribution in [0.4, 0.5) is 0 Å². The van der Waals surface area contributed by atoms with Gasteiger partial charge in [-0.25, -0.2) is 9.78 Å². The van der Waals surface area contributed by atoms with Gasteiger partial charge in [-0.05, 0) is 56.2 Å². The predicted molar refractivity (Wildman–Crippen MR) is 127 cm³/mol. The van der Waals surface area contributed by atoms with Gasteiger partial charge in [-0.1, -0.05) is 29.7 Å². The summed E-state index contributed by atoms with van der Waals surface area (Å²) < 4.78 is 10.1. The molecule has 1 aliphatic rings. The Balaban J connectivity index is 1.84. The topological polar surface area (TPSA) is 91.3 Å². The first-order chi connectivity index (χ1) is 16.0. The Bertz CT molecular complexity index is 1310. The smallest absolute Gasteiger partial charge is 0.332 e. The number of halogens is 1. The summed E-state index contributed by atoms with van der Waals surface area (Å²) in [5, 5.41) is 9.84. The number of aromatic nitrogens is 4. The molecule has 0 aliphatic heterocycles. The molecular formula is C24H27ClN4O4. The molecule has 9 heteroatoms. The van der Waals surface area contributed by atoms with Crippen molar-refractivity contribution in [3.05, 3.63) is 61.5 Å². The van der Waals surface area contributed by atoms with E-state index in [4.69, 9.17) is 16.3 Å². The van der Waals surface area contributed by atoms with Gasteiger partial charge in [-0.3, -0.25) is 13.9 Å². The summed E-state index contributed by atoms with van der Waals surface area (Å²) in [4.78, 5) is 30.9.